The van der Waals surface area contributed by atoms with Crippen molar-refractivity contribution in [2.45, 2.75) is 42.7 Å². The molecule has 1 aromatic heterocycles. The van der Waals surface area contributed by atoms with E-state index in [2.05, 4.69) is 10.3 Å². The molecule has 31 heavy (non-hydrogen) atoms. The molecular formula is C21H18ClF3N2O4. The van der Waals surface area contributed by atoms with Gasteiger partial charge in [0.25, 0.3) is 0 Å². The molecule has 1 aliphatic carbocycles. The van der Waals surface area contributed by atoms with Crippen molar-refractivity contribution < 1.29 is 32.5 Å². The van der Waals surface area contributed by atoms with Gasteiger partial charge in [0.15, 0.2) is 0 Å². The van der Waals surface area contributed by atoms with Gasteiger partial charge in [-0.05, 0) is 36.2 Å². The second-order valence-electron chi connectivity index (χ2n) is 8.20. The minimum atomic E-state index is -4.58. The van der Waals surface area contributed by atoms with E-state index >= 15 is 0 Å². The number of aliphatic hydroxyl groups excluding tert-OH is 1. The fourth-order valence-corrected chi connectivity index (χ4v) is 5.68. The molecule has 2 aliphatic heterocycles. The zero-order chi connectivity index (χ0) is 22.2. The second kappa shape index (κ2) is 6.57. The number of methoxy groups -OCH3 is 1. The monoisotopic (exact) mass is 454 g/mol. The predicted octanol–water partition coefficient (Wildman–Crippen LogP) is 3.56. The van der Waals surface area contributed by atoms with Crippen molar-refractivity contribution in [1.29, 1.82) is 0 Å². The summed E-state index contributed by atoms with van der Waals surface area (Å²) in [6.07, 6.45) is -4.04. The maximum Gasteiger partial charge on any atom is 0.417 e. The van der Waals surface area contributed by atoms with Crippen LogP contribution in [0, 0.1) is 5.41 Å². The maximum absolute atomic E-state index is 13.4. The minimum absolute atomic E-state index is 0.161. The zero-order valence-electron chi connectivity index (χ0n) is 16.2. The van der Waals surface area contributed by atoms with Crippen LogP contribution in [0.1, 0.15) is 24.0 Å². The quantitative estimate of drug-likeness (QED) is 0.738. The predicted molar refractivity (Wildman–Crippen MR) is 104 cm³/mol. The average molecular weight is 455 g/mol. The van der Waals surface area contributed by atoms with Crippen LogP contribution in [0.4, 0.5) is 18.9 Å². The number of fused-ring (bicyclic) bond motifs is 5. The lowest BCUT2D eigenvalue weighted by Gasteiger charge is -2.29. The number of anilines is 1. The van der Waals surface area contributed by atoms with E-state index in [0.717, 1.165) is 17.7 Å². The highest BCUT2D eigenvalue weighted by Crippen LogP contribution is 2.77. The van der Waals surface area contributed by atoms with Crippen molar-refractivity contribution in [3.8, 4) is 5.88 Å². The largest absolute Gasteiger partial charge is 0.481 e. The molecule has 10 heteroatoms. The number of ether oxygens (including phenoxy) is 2. The second-order valence-corrected chi connectivity index (χ2v) is 8.61. The number of pyridine rings is 1. The lowest BCUT2D eigenvalue weighted by Crippen LogP contribution is -2.44. The number of hydrogen-bond acceptors (Lipinski definition) is 5. The van der Waals surface area contributed by atoms with Crippen LogP contribution in [0.15, 0.2) is 36.5 Å². The number of carbonyl (C=O) groups excluding carboxylic acids is 1. The molecule has 5 rings (SSSR count). The molecular weight excluding hydrogens is 437 g/mol. The molecule has 3 aliphatic rings. The van der Waals surface area contributed by atoms with Gasteiger partial charge in [0.05, 0.1) is 41.4 Å². The Bertz CT molecular complexity index is 1080. The lowest BCUT2D eigenvalue weighted by atomic mass is 9.74. The molecule has 2 N–H and O–H groups in total. The topological polar surface area (TPSA) is 80.7 Å². The first-order valence-electron chi connectivity index (χ1n) is 9.66. The van der Waals surface area contributed by atoms with E-state index in [-0.39, 0.29) is 11.6 Å². The molecule has 2 aromatic rings. The number of nitrogens with zero attached hydrogens (tertiary/aromatic N) is 1. The number of aromatic nitrogens is 1. The molecule has 5 unspecified atom stereocenters. The van der Waals surface area contributed by atoms with E-state index in [1.165, 1.54) is 13.2 Å². The van der Waals surface area contributed by atoms with Crippen molar-refractivity contribution in [1.82, 2.24) is 4.98 Å². The Morgan fingerprint density at radius 2 is 2.13 bits per heavy atom. The Labute approximate surface area is 180 Å². The van der Waals surface area contributed by atoms with Gasteiger partial charge in [-0.1, -0.05) is 11.6 Å². The first-order chi connectivity index (χ1) is 14.6. The van der Waals surface area contributed by atoms with E-state index in [1.54, 1.807) is 18.3 Å². The molecule has 3 heterocycles. The third-order valence-corrected chi connectivity index (χ3v) is 7.09. The minimum Gasteiger partial charge on any atom is -0.481 e. The van der Waals surface area contributed by atoms with Gasteiger partial charge < -0.3 is 19.9 Å². The van der Waals surface area contributed by atoms with Gasteiger partial charge in [-0.15, -0.1) is 0 Å². The number of aliphatic hydroxyl groups is 1. The van der Waals surface area contributed by atoms with Gasteiger partial charge in [0.1, 0.15) is 0 Å². The van der Waals surface area contributed by atoms with Gasteiger partial charge in [-0.3, -0.25) is 4.79 Å². The van der Waals surface area contributed by atoms with Crippen molar-refractivity contribution in [3.63, 3.8) is 0 Å². The van der Waals surface area contributed by atoms with Crippen LogP contribution in [0.2, 0.25) is 5.02 Å². The molecule has 1 aromatic carbocycles. The fraction of sp³-hybridized carbons (Fsp3) is 0.429. The van der Waals surface area contributed by atoms with E-state index in [1.807, 2.05) is 0 Å². The molecule has 164 valence electrons. The highest BCUT2D eigenvalue weighted by molar-refractivity contribution is 6.31. The molecule has 1 saturated carbocycles. The Hall–Kier alpha value is -2.36. The third-order valence-electron chi connectivity index (χ3n) is 6.78. The lowest BCUT2D eigenvalue weighted by molar-refractivity contribution is -0.137. The number of benzene rings is 1. The highest BCUT2D eigenvalue weighted by Gasteiger charge is 2.87. The van der Waals surface area contributed by atoms with Crippen LogP contribution in [0.5, 0.6) is 5.88 Å². The number of amides is 1. The van der Waals surface area contributed by atoms with Crippen LogP contribution >= 0.6 is 11.6 Å². The number of rotatable bonds is 4. The average Bonchev–Trinajstić information content (AvgIpc) is 3.20. The van der Waals surface area contributed by atoms with Crippen LogP contribution in [0.3, 0.4) is 0 Å². The van der Waals surface area contributed by atoms with Crippen LogP contribution in [0.25, 0.3) is 0 Å². The van der Waals surface area contributed by atoms with Gasteiger partial charge >= 0.3 is 6.18 Å². The van der Waals surface area contributed by atoms with Gasteiger partial charge in [0.2, 0.25) is 11.8 Å². The molecule has 6 nitrogen and oxygen atoms in total. The number of alkyl halides is 3. The smallest absolute Gasteiger partial charge is 0.417 e. The molecule has 0 spiro atoms. The maximum atomic E-state index is 13.4. The van der Waals surface area contributed by atoms with Crippen LogP contribution < -0.4 is 10.1 Å². The Balaban J connectivity index is 1.48. The van der Waals surface area contributed by atoms with Gasteiger partial charge in [0, 0.05) is 29.8 Å². The normalized spacial score (nSPS) is 33.2. The van der Waals surface area contributed by atoms with Crippen LogP contribution in [-0.2, 0) is 21.1 Å². The zero-order valence-corrected chi connectivity index (χ0v) is 17.0. The van der Waals surface area contributed by atoms with Crippen molar-refractivity contribution >= 4 is 23.2 Å². The van der Waals surface area contributed by atoms with Gasteiger partial charge in [-0.2, -0.15) is 13.2 Å². The van der Waals surface area contributed by atoms with Crippen molar-refractivity contribution in [3.05, 3.63) is 52.7 Å². The summed E-state index contributed by atoms with van der Waals surface area (Å²) in [4.78, 5) is 17.5. The molecule has 2 saturated heterocycles. The molecule has 5 atom stereocenters. The Morgan fingerprint density at radius 3 is 2.81 bits per heavy atom. The van der Waals surface area contributed by atoms with Crippen molar-refractivity contribution in [2.24, 2.45) is 5.41 Å². The fourth-order valence-electron chi connectivity index (χ4n) is 5.40. The Kier molecular flexibility index (Phi) is 4.35. The molecule has 0 radical (unpaired) electrons. The molecule has 3 fully saturated rings. The summed E-state index contributed by atoms with van der Waals surface area (Å²) >= 11 is 5.79. The summed E-state index contributed by atoms with van der Waals surface area (Å²) < 4.78 is 50.1. The summed E-state index contributed by atoms with van der Waals surface area (Å²) in [5, 5.41) is 12.7. The first kappa shape index (κ1) is 20.5. The number of halogens is 4. The number of hydrogen-bond donors (Lipinski definition) is 2. The number of carbonyl (C=O) groups is 1. The summed E-state index contributed by atoms with van der Waals surface area (Å²) in [5.74, 6) is -0.00151. The highest BCUT2D eigenvalue weighted by atomic mass is 35.5. The van der Waals surface area contributed by atoms with E-state index in [9.17, 15) is 23.1 Å². The van der Waals surface area contributed by atoms with E-state index < -0.39 is 45.9 Å². The number of nitrogens with one attached hydrogen (secondary N) is 1. The summed E-state index contributed by atoms with van der Waals surface area (Å²) in [6, 6.07) is 6.59. The summed E-state index contributed by atoms with van der Waals surface area (Å²) in [6.45, 7) is 0. The van der Waals surface area contributed by atoms with Crippen molar-refractivity contribution in [2.75, 3.05) is 12.4 Å². The van der Waals surface area contributed by atoms with Gasteiger partial charge in [-0.25, -0.2) is 4.98 Å². The summed E-state index contributed by atoms with van der Waals surface area (Å²) in [7, 11) is 1.48. The standard InChI is InChI=1S/C21H18ClF3N2O4/c1-30-16-6-10(4-5-26-16)19-9-20(19,15-8-14(28)17(19)31-15)18(29)27-11-2-3-12(13(22)7-11)21(23,24)25/h2-7,14-15,17,28H,8-9H2,1H3,(H,27,29). The molecule has 1 amide bonds. The third kappa shape index (κ3) is 2.73. The summed E-state index contributed by atoms with van der Waals surface area (Å²) in [5.41, 5.74) is -1.74. The van der Waals surface area contributed by atoms with E-state index in [0.29, 0.717) is 18.7 Å². The Morgan fingerprint density at radius 1 is 1.35 bits per heavy atom. The van der Waals surface area contributed by atoms with E-state index in [4.69, 9.17) is 21.1 Å². The van der Waals surface area contributed by atoms with Crippen LogP contribution in [-0.4, -0.2) is 41.4 Å². The first-order valence-corrected chi connectivity index (χ1v) is 10.0. The SMILES string of the molecule is COc1cc(C23CC2(C(=O)Nc2ccc(C(F)(F)F)c(Cl)c2)C2CC(O)C3O2)ccn1. The molecule has 2 bridgehead atoms.